The summed E-state index contributed by atoms with van der Waals surface area (Å²) in [5.41, 5.74) is 5.36. The molecule has 1 aromatic rings. The summed E-state index contributed by atoms with van der Waals surface area (Å²) in [7, 11) is 1.83. The summed E-state index contributed by atoms with van der Waals surface area (Å²) in [6.45, 7) is 3.28. The number of nitrogens with zero attached hydrogens (tertiary/aromatic N) is 2. The quantitative estimate of drug-likeness (QED) is 0.780. The fraction of sp³-hybridized carbons (Fsp3) is 0.556. The van der Waals surface area contributed by atoms with E-state index in [9.17, 15) is 4.79 Å². The van der Waals surface area contributed by atoms with Gasteiger partial charge in [-0.1, -0.05) is 5.16 Å². The minimum atomic E-state index is -0.126. The van der Waals surface area contributed by atoms with Gasteiger partial charge in [0.2, 0.25) is 5.91 Å². The molecule has 1 heterocycles. The van der Waals surface area contributed by atoms with Crippen LogP contribution in [0.25, 0.3) is 0 Å². The summed E-state index contributed by atoms with van der Waals surface area (Å²) >= 11 is 0. The van der Waals surface area contributed by atoms with Crippen molar-refractivity contribution in [1.82, 2.24) is 10.1 Å². The van der Waals surface area contributed by atoms with Crippen LogP contribution in [0, 0.1) is 6.92 Å². The largest absolute Gasteiger partial charge is 0.360 e. The van der Waals surface area contributed by atoms with Crippen molar-refractivity contribution in [2.45, 2.75) is 6.92 Å². The van der Waals surface area contributed by atoms with Crippen molar-refractivity contribution in [1.29, 1.82) is 0 Å². The van der Waals surface area contributed by atoms with Gasteiger partial charge in [0.05, 0.1) is 6.54 Å². The highest BCUT2D eigenvalue weighted by molar-refractivity contribution is 5.91. The highest BCUT2D eigenvalue weighted by Gasteiger charge is 2.08. The molecule has 0 saturated heterocycles. The molecule has 0 aliphatic carbocycles. The van der Waals surface area contributed by atoms with E-state index in [-0.39, 0.29) is 18.3 Å². The number of carbonyl (C=O) groups excluding carboxylic acids is 1. The predicted molar refractivity (Wildman–Crippen MR) is 63.7 cm³/mol. The van der Waals surface area contributed by atoms with Gasteiger partial charge in [-0.25, -0.2) is 0 Å². The lowest BCUT2D eigenvalue weighted by molar-refractivity contribution is -0.117. The van der Waals surface area contributed by atoms with Crippen LogP contribution in [0.2, 0.25) is 0 Å². The maximum Gasteiger partial charge on any atom is 0.239 e. The van der Waals surface area contributed by atoms with Gasteiger partial charge in [0.1, 0.15) is 5.76 Å². The topological polar surface area (TPSA) is 84.4 Å². The molecule has 0 saturated carbocycles. The highest BCUT2D eigenvalue weighted by atomic mass is 35.5. The Morgan fingerprint density at radius 1 is 1.69 bits per heavy atom. The number of carbonyl (C=O) groups is 1. The molecule has 7 heteroatoms. The lowest BCUT2D eigenvalue weighted by Gasteiger charge is -2.13. The van der Waals surface area contributed by atoms with E-state index in [1.54, 1.807) is 13.0 Å². The van der Waals surface area contributed by atoms with Crippen LogP contribution in [0.15, 0.2) is 10.6 Å². The number of nitrogens with two attached hydrogens (primary N) is 1. The molecule has 16 heavy (non-hydrogen) atoms. The van der Waals surface area contributed by atoms with Crippen molar-refractivity contribution < 1.29 is 9.32 Å². The van der Waals surface area contributed by atoms with Crippen molar-refractivity contribution in [3.8, 4) is 0 Å². The van der Waals surface area contributed by atoms with Gasteiger partial charge >= 0.3 is 0 Å². The van der Waals surface area contributed by atoms with Crippen LogP contribution in [0.5, 0.6) is 0 Å². The van der Waals surface area contributed by atoms with Crippen LogP contribution in [0.1, 0.15) is 5.76 Å². The van der Waals surface area contributed by atoms with E-state index in [0.29, 0.717) is 31.2 Å². The molecule has 0 radical (unpaired) electrons. The summed E-state index contributed by atoms with van der Waals surface area (Å²) in [6, 6.07) is 1.67. The molecule has 0 spiro atoms. The zero-order valence-electron chi connectivity index (χ0n) is 9.40. The second-order valence-corrected chi connectivity index (χ2v) is 3.40. The van der Waals surface area contributed by atoms with Crippen LogP contribution in [-0.4, -0.2) is 42.6 Å². The third kappa shape index (κ3) is 5.11. The molecule has 1 rings (SSSR count). The summed E-state index contributed by atoms with van der Waals surface area (Å²) in [5, 5.41) is 6.28. The number of nitrogens with one attached hydrogen (secondary N) is 1. The average molecular weight is 249 g/mol. The Labute approximate surface area is 101 Å². The second kappa shape index (κ2) is 7.21. The van der Waals surface area contributed by atoms with Crippen LogP contribution >= 0.6 is 12.4 Å². The normalized spacial score (nSPS) is 10.0. The van der Waals surface area contributed by atoms with E-state index in [1.165, 1.54) is 0 Å². The lowest BCUT2D eigenvalue weighted by Crippen LogP contribution is -2.33. The summed E-state index contributed by atoms with van der Waals surface area (Å²) in [6.07, 6.45) is 0. The Kier molecular flexibility index (Phi) is 6.71. The smallest absolute Gasteiger partial charge is 0.239 e. The fourth-order valence-electron chi connectivity index (χ4n) is 1.15. The molecule has 1 aromatic heterocycles. The van der Waals surface area contributed by atoms with Gasteiger partial charge in [-0.15, -0.1) is 12.4 Å². The van der Waals surface area contributed by atoms with Crippen molar-refractivity contribution in [3.05, 3.63) is 11.8 Å². The van der Waals surface area contributed by atoms with E-state index in [1.807, 2.05) is 11.9 Å². The van der Waals surface area contributed by atoms with Gasteiger partial charge in [0.15, 0.2) is 5.82 Å². The third-order valence-electron chi connectivity index (χ3n) is 1.82. The maximum atomic E-state index is 11.4. The SMILES string of the molecule is Cc1cc(NC(=O)CN(C)CCN)no1.Cl. The molecule has 3 N–H and O–H groups in total. The minimum absolute atomic E-state index is 0. The molecule has 1 amide bonds. The number of hydrogen-bond donors (Lipinski definition) is 2. The van der Waals surface area contributed by atoms with Crippen molar-refractivity contribution in [2.75, 3.05) is 32.0 Å². The molecular formula is C9H17ClN4O2. The molecule has 0 unspecified atom stereocenters. The summed E-state index contributed by atoms with van der Waals surface area (Å²) in [5.74, 6) is 0.985. The Hall–Kier alpha value is -1.11. The Bertz CT molecular complexity index is 329. The first kappa shape index (κ1) is 14.9. The van der Waals surface area contributed by atoms with Crippen LogP contribution in [-0.2, 0) is 4.79 Å². The lowest BCUT2D eigenvalue weighted by atomic mass is 10.4. The van der Waals surface area contributed by atoms with E-state index in [4.69, 9.17) is 10.3 Å². The molecule has 0 aliphatic heterocycles. The van der Waals surface area contributed by atoms with E-state index in [2.05, 4.69) is 10.5 Å². The second-order valence-electron chi connectivity index (χ2n) is 3.40. The molecule has 6 nitrogen and oxygen atoms in total. The first-order valence-electron chi connectivity index (χ1n) is 4.73. The number of halogens is 1. The third-order valence-corrected chi connectivity index (χ3v) is 1.82. The average Bonchev–Trinajstić information content (AvgIpc) is 2.51. The van der Waals surface area contributed by atoms with Gasteiger partial charge in [0, 0.05) is 19.2 Å². The van der Waals surface area contributed by atoms with Crippen LogP contribution < -0.4 is 11.1 Å². The molecular weight excluding hydrogens is 232 g/mol. The monoisotopic (exact) mass is 248 g/mol. The van der Waals surface area contributed by atoms with Crippen LogP contribution in [0.4, 0.5) is 5.82 Å². The minimum Gasteiger partial charge on any atom is -0.360 e. The van der Waals surface area contributed by atoms with Crippen molar-refractivity contribution in [3.63, 3.8) is 0 Å². The zero-order chi connectivity index (χ0) is 11.3. The van der Waals surface area contributed by atoms with Crippen molar-refractivity contribution >= 4 is 24.1 Å². The van der Waals surface area contributed by atoms with Crippen LogP contribution in [0.3, 0.4) is 0 Å². The molecule has 0 bridgehead atoms. The molecule has 0 fully saturated rings. The number of aromatic nitrogens is 1. The van der Waals surface area contributed by atoms with Gasteiger partial charge in [-0.3, -0.25) is 9.69 Å². The number of rotatable bonds is 5. The Balaban J connectivity index is 0.00000225. The van der Waals surface area contributed by atoms with Gasteiger partial charge < -0.3 is 15.6 Å². The molecule has 0 aliphatic rings. The van der Waals surface area contributed by atoms with Crippen molar-refractivity contribution in [2.24, 2.45) is 5.73 Å². The van der Waals surface area contributed by atoms with Gasteiger partial charge in [-0.05, 0) is 14.0 Å². The number of likely N-dealkylation sites (N-methyl/N-ethyl adjacent to an activating group) is 1. The number of hydrogen-bond acceptors (Lipinski definition) is 5. The predicted octanol–water partition coefficient (Wildman–Crippen LogP) is 0.234. The Morgan fingerprint density at radius 2 is 2.38 bits per heavy atom. The van der Waals surface area contributed by atoms with E-state index < -0.39 is 0 Å². The number of amides is 1. The zero-order valence-corrected chi connectivity index (χ0v) is 10.2. The Morgan fingerprint density at radius 3 is 2.88 bits per heavy atom. The standard InChI is InChI=1S/C9H16N4O2.ClH/c1-7-5-8(12-15-7)11-9(14)6-13(2)4-3-10;/h5H,3-4,6,10H2,1-2H3,(H,11,12,14);1H. The first-order valence-corrected chi connectivity index (χ1v) is 4.73. The summed E-state index contributed by atoms with van der Waals surface area (Å²) < 4.78 is 4.82. The maximum absolute atomic E-state index is 11.4. The summed E-state index contributed by atoms with van der Waals surface area (Å²) in [4.78, 5) is 13.3. The fourth-order valence-corrected chi connectivity index (χ4v) is 1.15. The van der Waals surface area contributed by atoms with E-state index in [0.717, 1.165) is 0 Å². The number of aryl methyl sites for hydroxylation is 1. The van der Waals surface area contributed by atoms with Gasteiger partial charge in [-0.2, -0.15) is 0 Å². The first-order chi connectivity index (χ1) is 7.11. The highest BCUT2D eigenvalue weighted by Crippen LogP contribution is 2.06. The van der Waals surface area contributed by atoms with E-state index >= 15 is 0 Å². The number of anilines is 1. The molecule has 92 valence electrons. The molecule has 0 atom stereocenters. The van der Waals surface area contributed by atoms with Gasteiger partial charge in [0.25, 0.3) is 0 Å². The molecule has 0 aromatic carbocycles.